The molecule has 2 aromatic rings. The third-order valence-corrected chi connectivity index (χ3v) is 2.07. The van der Waals surface area contributed by atoms with Crippen molar-refractivity contribution in [2.24, 2.45) is 0 Å². The van der Waals surface area contributed by atoms with Gasteiger partial charge in [-0.1, -0.05) is 12.1 Å². The minimum Gasteiger partial charge on any atom is -0.361 e. The lowest BCUT2D eigenvalue weighted by Crippen LogP contribution is -2.06. The smallest absolute Gasteiger partial charge is 0.271 e. The fraction of sp³-hybridized carbons (Fsp3) is 0.200. The Morgan fingerprint density at radius 1 is 1.23 bits per heavy atom. The minimum absolute atomic E-state index is 0.0752. The maximum atomic E-state index is 13.0. The Bertz CT molecular complexity index is 426. The van der Waals surface area contributed by atoms with Gasteiger partial charge in [0.2, 0.25) is 0 Å². The Kier molecular flexibility index (Phi) is 1.62. The molecule has 1 aromatic carbocycles. The van der Waals surface area contributed by atoms with Gasteiger partial charge in [0.1, 0.15) is 0 Å². The van der Waals surface area contributed by atoms with Crippen molar-refractivity contribution >= 4 is 10.9 Å². The summed E-state index contributed by atoms with van der Waals surface area (Å²) < 4.78 is 26.1. The predicted molar refractivity (Wildman–Crippen MR) is 47.9 cm³/mol. The summed E-state index contributed by atoms with van der Waals surface area (Å²) in [5.74, 6) is -2.78. The van der Waals surface area contributed by atoms with Crippen LogP contribution in [0.1, 0.15) is 12.5 Å². The third kappa shape index (κ3) is 1.30. The summed E-state index contributed by atoms with van der Waals surface area (Å²) in [4.78, 5) is 2.90. The number of alkyl halides is 2. The molecule has 68 valence electrons. The van der Waals surface area contributed by atoms with E-state index < -0.39 is 5.92 Å². The van der Waals surface area contributed by atoms with Crippen molar-refractivity contribution in [3.05, 3.63) is 36.0 Å². The van der Waals surface area contributed by atoms with E-state index in [0.717, 1.165) is 12.4 Å². The summed E-state index contributed by atoms with van der Waals surface area (Å²) in [6, 6.07) is 6.54. The molecule has 0 fully saturated rings. The van der Waals surface area contributed by atoms with Crippen molar-refractivity contribution in [1.82, 2.24) is 4.98 Å². The van der Waals surface area contributed by atoms with Crippen molar-refractivity contribution in [2.45, 2.75) is 12.8 Å². The van der Waals surface area contributed by atoms with Crippen molar-refractivity contribution < 1.29 is 8.78 Å². The lowest BCUT2D eigenvalue weighted by atomic mass is 10.1. The molecule has 0 saturated heterocycles. The quantitative estimate of drug-likeness (QED) is 0.694. The molecule has 13 heavy (non-hydrogen) atoms. The molecule has 0 unspecified atom stereocenters. The zero-order valence-corrected chi connectivity index (χ0v) is 7.14. The van der Waals surface area contributed by atoms with Crippen LogP contribution >= 0.6 is 0 Å². The molecule has 0 spiro atoms. The Labute approximate surface area is 74.4 Å². The van der Waals surface area contributed by atoms with Gasteiger partial charge in [-0.05, 0) is 12.1 Å². The number of H-pyrrole nitrogens is 1. The predicted octanol–water partition coefficient (Wildman–Crippen LogP) is 3.28. The van der Waals surface area contributed by atoms with Crippen LogP contribution in [0.5, 0.6) is 0 Å². The third-order valence-electron chi connectivity index (χ3n) is 2.07. The summed E-state index contributed by atoms with van der Waals surface area (Å²) in [7, 11) is 0. The summed E-state index contributed by atoms with van der Waals surface area (Å²) >= 11 is 0. The normalized spacial score (nSPS) is 12.2. The van der Waals surface area contributed by atoms with E-state index in [-0.39, 0.29) is 5.56 Å². The second kappa shape index (κ2) is 2.55. The maximum Gasteiger partial charge on any atom is 0.271 e. The van der Waals surface area contributed by atoms with E-state index >= 15 is 0 Å². The van der Waals surface area contributed by atoms with Crippen molar-refractivity contribution in [3.8, 4) is 0 Å². The number of aromatic nitrogens is 1. The van der Waals surface area contributed by atoms with Gasteiger partial charge >= 0.3 is 0 Å². The van der Waals surface area contributed by atoms with E-state index in [2.05, 4.69) is 4.98 Å². The first-order valence-corrected chi connectivity index (χ1v) is 4.03. The van der Waals surface area contributed by atoms with Crippen LogP contribution < -0.4 is 0 Å². The maximum absolute atomic E-state index is 13.0. The molecule has 0 bridgehead atoms. The van der Waals surface area contributed by atoms with Crippen molar-refractivity contribution in [2.75, 3.05) is 0 Å². The number of aromatic amines is 1. The first kappa shape index (κ1) is 8.23. The number of hydrogen-bond donors (Lipinski definition) is 1. The standard InChI is InChI=1S/C10H9F2N/c1-10(11,12)8-3-2-4-9-7(8)5-6-13-9/h2-6,13H,1H3. The number of benzene rings is 1. The summed E-state index contributed by atoms with van der Waals surface area (Å²) in [5, 5.41) is 0.593. The molecule has 0 atom stereocenters. The van der Waals surface area contributed by atoms with Crippen molar-refractivity contribution in [3.63, 3.8) is 0 Å². The zero-order valence-electron chi connectivity index (χ0n) is 7.14. The Balaban J connectivity index is 2.75. The van der Waals surface area contributed by atoms with Gasteiger partial charge in [0.25, 0.3) is 5.92 Å². The topological polar surface area (TPSA) is 15.8 Å². The number of fused-ring (bicyclic) bond motifs is 1. The number of rotatable bonds is 1. The SMILES string of the molecule is CC(F)(F)c1cccc2[nH]ccc12. The molecule has 0 aliphatic rings. The summed E-state index contributed by atoms with van der Waals surface area (Å²) in [5.41, 5.74) is 0.824. The molecular weight excluding hydrogens is 172 g/mol. The molecule has 0 aliphatic carbocycles. The second-order valence-electron chi connectivity index (χ2n) is 3.13. The molecule has 1 aromatic heterocycles. The molecule has 3 heteroatoms. The van der Waals surface area contributed by atoms with Crippen LogP contribution in [0.2, 0.25) is 0 Å². The van der Waals surface area contributed by atoms with Crippen LogP contribution in [-0.2, 0) is 5.92 Å². The van der Waals surface area contributed by atoms with Crippen LogP contribution in [0.25, 0.3) is 10.9 Å². The average Bonchev–Trinajstić information content (AvgIpc) is 2.48. The Hall–Kier alpha value is -1.38. The monoisotopic (exact) mass is 181 g/mol. The zero-order chi connectivity index (χ0) is 9.47. The van der Waals surface area contributed by atoms with Gasteiger partial charge in [-0.15, -0.1) is 0 Å². The van der Waals surface area contributed by atoms with Crippen LogP contribution in [-0.4, -0.2) is 4.98 Å². The van der Waals surface area contributed by atoms with Gasteiger partial charge in [0, 0.05) is 29.6 Å². The van der Waals surface area contributed by atoms with Gasteiger partial charge in [-0.25, -0.2) is 8.78 Å². The first-order valence-electron chi connectivity index (χ1n) is 4.03. The average molecular weight is 181 g/mol. The van der Waals surface area contributed by atoms with Gasteiger partial charge in [-0.2, -0.15) is 0 Å². The van der Waals surface area contributed by atoms with Gasteiger partial charge in [-0.3, -0.25) is 0 Å². The molecule has 0 aliphatic heterocycles. The molecular formula is C10H9F2N. The summed E-state index contributed by atoms with van der Waals surface area (Å²) in [6.45, 7) is 0.911. The molecule has 0 amide bonds. The lowest BCUT2D eigenvalue weighted by Gasteiger charge is -2.11. The lowest BCUT2D eigenvalue weighted by molar-refractivity contribution is 0.0191. The fourth-order valence-electron chi connectivity index (χ4n) is 1.47. The highest BCUT2D eigenvalue weighted by Crippen LogP contribution is 2.32. The van der Waals surface area contributed by atoms with Crippen LogP contribution in [0.15, 0.2) is 30.5 Å². The van der Waals surface area contributed by atoms with E-state index in [1.165, 1.54) is 6.07 Å². The fourth-order valence-corrected chi connectivity index (χ4v) is 1.47. The molecule has 1 N–H and O–H groups in total. The van der Waals surface area contributed by atoms with Crippen LogP contribution in [0.4, 0.5) is 8.78 Å². The molecule has 1 nitrogen and oxygen atoms in total. The van der Waals surface area contributed by atoms with Gasteiger partial charge < -0.3 is 4.98 Å². The minimum atomic E-state index is -2.78. The van der Waals surface area contributed by atoms with E-state index in [4.69, 9.17) is 0 Å². The van der Waals surface area contributed by atoms with Crippen LogP contribution in [0.3, 0.4) is 0 Å². The molecule has 0 radical (unpaired) electrons. The number of nitrogens with one attached hydrogen (secondary N) is 1. The highest BCUT2D eigenvalue weighted by molar-refractivity contribution is 5.83. The summed E-state index contributed by atoms with van der Waals surface area (Å²) in [6.07, 6.45) is 1.67. The van der Waals surface area contributed by atoms with Gasteiger partial charge in [0.15, 0.2) is 0 Å². The van der Waals surface area contributed by atoms with E-state index in [1.807, 2.05) is 0 Å². The Morgan fingerprint density at radius 3 is 2.69 bits per heavy atom. The van der Waals surface area contributed by atoms with E-state index in [9.17, 15) is 8.78 Å². The molecule has 2 rings (SSSR count). The van der Waals surface area contributed by atoms with Crippen LogP contribution in [0, 0.1) is 0 Å². The number of halogens is 2. The molecule has 0 saturated carbocycles. The molecule has 1 heterocycles. The largest absolute Gasteiger partial charge is 0.361 e. The number of hydrogen-bond acceptors (Lipinski definition) is 0. The first-order chi connectivity index (χ1) is 6.09. The van der Waals surface area contributed by atoms with E-state index in [1.54, 1.807) is 24.4 Å². The highest BCUT2D eigenvalue weighted by Gasteiger charge is 2.26. The highest BCUT2D eigenvalue weighted by atomic mass is 19.3. The second-order valence-corrected chi connectivity index (χ2v) is 3.13. The van der Waals surface area contributed by atoms with Gasteiger partial charge in [0.05, 0.1) is 0 Å². The Morgan fingerprint density at radius 2 is 2.00 bits per heavy atom. The van der Waals surface area contributed by atoms with Crippen molar-refractivity contribution in [1.29, 1.82) is 0 Å². The van der Waals surface area contributed by atoms with E-state index in [0.29, 0.717) is 5.39 Å².